The van der Waals surface area contributed by atoms with Gasteiger partial charge in [0.05, 0.1) is 25.4 Å². The quantitative estimate of drug-likeness (QED) is 0.655. The van der Waals surface area contributed by atoms with Gasteiger partial charge in [0.2, 0.25) is 0 Å². The fourth-order valence-corrected chi connectivity index (χ4v) is 2.06. The Morgan fingerprint density at radius 1 is 0.722 bits per heavy atom. The summed E-state index contributed by atoms with van der Waals surface area (Å²) >= 11 is 0. The lowest BCUT2D eigenvalue weighted by molar-refractivity contribution is -0.0610. The second kappa shape index (κ2) is 9.76. The number of ether oxygens (including phenoxy) is 2. The summed E-state index contributed by atoms with van der Waals surface area (Å²) in [6, 6.07) is 0. The molecule has 2 unspecified atom stereocenters. The molecule has 0 aromatic rings. The summed E-state index contributed by atoms with van der Waals surface area (Å²) in [4.78, 5) is 0. The van der Waals surface area contributed by atoms with E-state index in [9.17, 15) is 5.11 Å². The van der Waals surface area contributed by atoms with E-state index in [1.54, 1.807) is 0 Å². The van der Waals surface area contributed by atoms with Crippen molar-refractivity contribution in [3.63, 3.8) is 0 Å². The zero-order valence-electron chi connectivity index (χ0n) is 13.0. The summed E-state index contributed by atoms with van der Waals surface area (Å²) in [6.45, 7) is 13.5. The van der Waals surface area contributed by atoms with Crippen molar-refractivity contribution in [3.05, 3.63) is 0 Å². The number of hydrogen-bond donors (Lipinski definition) is 1. The summed E-state index contributed by atoms with van der Waals surface area (Å²) in [5, 5.41) is 9.77. The van der Waals surface area contributed by atoms with E-state index in [0.29, 0.717) is 25.0 Å². The average Bonchev–Trinajstić information content (AvgIpc) is 2.21. The molecule has 0 aromatic heterocycles. The molecule has 3 heteroatoms. The van der Waals surface area contributed by atoms with Crippen LogP contribution in [0, 0.1) is 11.8 Å². The van der Waals surface area contributed by atoms with Crippen LogP contribution in [0.15, 0.2) is 0 Å². The topological polar surface area (TPSA) is 38.7 Å². The zero-order chi connectivity index (χ0) is 14.1. The Balaban J connectivity index is 3.61. The SMILES string of the molecule is CC(C)CC(C)OCC(O)COC(C)CC(C)C. The highest BCUT2D eigenvalue weighted by Gasteiger charge is 2.12. The Labute approximate surface area is 113 Å². The second-order valence-corrected chi connectivity index (χ2v) is 6.20. The Hall–Kier alpha value is -0.120. The van der Waals surface area contributed by atoms with Crippen molar-refractivity contribution in [2.24, 2.45) is 11.8 Å². The van der Waals surface area contributed by atoms with Crippen LogP contribution < -0.4 is 0 Å². The van der Waals surface area contributed by atoms with Crippen LogP contribution in [0.25, 0.3) is 0 Å². The fourth-order valence-electron chi connectivity index (χ4n) is 2.06. The minimum Gasteiger partial charge on any atom is -0.388 e. The minimum absolute atomic E-state index is 0.202. The van der Waals surface area contributed by atoms with Crippen molar-refractivity contribution in [2.75, 3.05) is 13.2 Å². The van der Waals surface area contributed by atoms with Crippen LogP contribution in [-0.2, 0) is 9.47 Å². The van der Waals surface area contributed by atoms with Crippen LogP contribution in [0.2, 0.25) is 0 Å². The highest BCUT2D eigenvalue weighted by Crippen LogP contribution is 2.09. The van der Waals surface area contributed by atoms with Crippen molar-refractivity contribution in [1.29, 1.82) is 0 Å². The molecular weight excluding hydrogens is 228 g/mol. The molecule has 2 atom stereocenters. The van der Waals surface area contributed by atoms with Gasteiger partial charge in [-0.05, 0) is 38.5 Å². The standard InChI is InChI=1S/C15H32O3/c1-11(2)7-13(5)17-9-15(16)10-18-14(6)8-12(3)4/h11-16H,7-10H2,1-6H3. The van der Waals surface area contributed by atoms with E-state index in [1.165, 1.54) is 0 Å². The average molecular weight is 260 g/mol. The van der Waals surface area contributed by atoms with Gasteiger partial charge in [0.1, 0.15) is 6.10 Å². The molecule has 110 valence electrons. The molecule has 0 saturated carbocycles. The third kappa shape index (κ3) is 11.0. The molecule has 0 radical (unpaired) electrons. The molecule has 0 aromatic carbocycles. The minimum atomic E-state index is -0.519. The number of rotatable bonds is 10. The fraction of sp³-hybridized carbons (Fsp3) is 1.00. The lowest BCUT2D eigenvalue weighted by Gasteiger charge is -2.20. The van der Waals surface area contributed by atoms with E-state index < -0.39 is 6.10 Å². The summed E-state index contributed by atoms with van der Waals surface area (Å²) in [5.41, 5.74) is 0. The van der Waals surface area contributed by atoms with Crippen LogP contribution in [0.1, 0.15) is 54.4 Å². The van der Waals surface area contributed by atoms with Gasteiger partial charge in [-0.3, -0.25) is 0 Å². The van der Waals surface area contributed by atoms with Gasteiger partial charge in [0, 0.05) is 0 Å². The first-order chi connectivity index (χ1) is 8.31. The largest absolute Gasteiger partial charge is 0.388 e. The first kappa shape index (κ1) is 17.9. The van der Waals surface area contributed by atoms with Crippen molar-refractivity contribution >= 4 is 0 Å². The third-order valence-electron chi connectivity index (χ3n) is 2.75. The monoisotopic (exact) mass is 260 g/mol. The molecule has 1 N–H and O–H groups in total. The van der Waals surface area contributed by atoms with Gasteiger partial charge in [-0.15, -0.1) is 0 Å². The molecule has 0 rings (SSSR count). The van der Waals surface area contributed by atoms with E-state index in [0.717, 1.165) is 12.8 Å². The van der Waals surface area contributed by atoms with Crippen LogP contribution in [0.5, 0.6) is 0 Å². The molecule has 0 bridgehead atoms. The van der Waals surface area contributed by atoms with E-state index in [-0.39, 0.29) is 12.2 Å². The maximum absolute atomic E-state index is 9.77. The van der Waals surface area contributed by atoms with Gasteiger partial charge in [0.25, 0.3) is 0 Å². The van der Waals surface area contributed by atoms with Crippen LogP contribution in [0.4, 0.5) is 0 Å². The molecule has 0 amide bonds. The molecule has 0 aliphatic rings. The summed E-state index contributed by atoms with van der Waals surface area (Å²) < 4.78 is 11.2. The Morgan fingerprint density at radius 3 is 1.33 bits per heavy atom. The van der Waals surface area contributed by atoms with E-state index in [4.69, 9.17) is 9.47 Å². The molecule has 0 aliphatic carbocycles. The summed E-state index contributed by atoms with van der Waals surface area (Å²) in [6.07, 6.45) is 1.93. The van der Waals surface area contributed by atoms with E-state index >= 15 is 0 Å². The summed E-state index contributed by atoms with van der Waals surface area (Å²) in [7, 11) is 0. The van der Waals surface area contributed by atoms with Crippen LogP contribution in [0.3, 0.4) is 0 Å². The van der Waals surface area contributed by atoms with E-state index in [2.05, 4.69) is 41.5 Å². The van der Waals surface area contributed by atoms with Gasteiger partial charge in [0.15, 0.2) is 0 Å². The first-order valence-electron chi connectivity index (χ1n) is 7.22. The van der Waals surface area contributed by atoms with Gasteiger partial charge < -0.3 is 14.6 Å². The molecule has 0 saturated heterocycles. The third-order valence-corrected chi connectivity index (χ3v) is 2.75. The van der Waals surface area contributed by atoms with Gasteiger partial charge in [-0.25, -0.2) is 0 Å². The highest BCUT2D eigenvalue weighted by molar-refractivity contribution is 4.60. The molecule has 0 fully saturated rings. The number of aliphatic hydroxyl groups is 1. The lowest BCUT2D eigenvalue weighted by atomic mass is 10.1. The first-order valence-corrected chi connectivity index (χ1v) is 7.22. The van der Waals surface area contributed by atoms with Gasteiger partial charge >= 0.3 is 0 Å². The molecular formula is C15H32O3. The van der Waals surface area contributed by atoms with Gasteiger partial charge in [-0.1, -0.05) is 27.7 Å². The normalized spacial score (nSPS) is 17.2. The zero-order valence-corrected chi connectivity index (χ0v) is 13.0. The van der Waals surface area contributed by atoms with Crippen LogP contribution in [-0.4, -0.2) is 36.6 Å². The van der Waals surface area contributed by atoms with E-state index in [1.807, 2.05) is 0 Å². The predicted octanol–water partition coefficient (Wildman–Crippen LogP) is 3.25. The number of hydrogen-bond acceptors (Lipinski definition) is 3. The highest BCUT2D eigenvalue weighted by atomic mass is 16.5. The van der Waals surface area contributed by atoms with Crippen molar-refractivity contribution in [3.8, 4) is 0 Å². The van der Waals surface area contributed by atoms with Crippen LogP contribution >= 0.6 is 0 Å². The smallest absolute Gasteiger partial charge is 0.101 e. The Morgan fingerprint density at radius 2 is 1.06 bits per heavy atom. The molecule has 3 nitrogen and oxygen atoms in total. The number of aliphatic hydroxyl groups excluding tert-OH is 1. The maximum atomic E-state index is 9.77. The molecule has 0 aliphatic heterocycles. The Kier molecular flexibility index (Phi) is 9.70. The predicted molar refractivity (Wildman–Crippen MR) is 75.7 cm³/mol. The summed E-state index contributed by atoms with van der Waals surface area (Å²) in [5.74, 6) is 1.25. The molecule has 18 heavy (non-hydrogen) atoms. The lowest BCUT2D eigenvalue weighted by Crippen LogP contribution is -2.27. The molecule has 0 heterocycles. The van der Waals surface area contributed by atoms with Crippen molar-refractivity contribution in [2.45, 2.75) is 72.7 Å². The maximum Gasteiger partial charge on any atom is 0.101 e. The molecule has 0 spiro atoms. The second-order valence-electron chi connectivity index (χ2n) is 6.20. The van der Waals surface area contributed by atoms with Crippen molar-refractivity contribution in [1.82, 2.24) is 0 Å². The van der Waals surface area contributed by atoms with Crippen molar-refractivity contribution < 1.29 is 14.6 Å². The Bertz CT molecular complexity index is 172. The van der Waals surface area contributed by atoms with Gasteiger partial charge in [-0.2, -0.15) is 0 Å².